The Balaban J connectivity index is 1.40. The number of aliphatic hydroxyl groups is 3. The topological polar surface area (TPSA) is 156 Å². The molecule has 0 spiro atoms. The molecule has 1 aromatic rings. The number of ether oxygens (including phenoxy) is 10. The smallest absolute Gasteiger partial charge is 0.189 e. The van der Waals surface area contributed by atoms with Gasteiger partial charge in [-0.1, -0.05) is 13.2 Å². The van der Waals surface area contributed by atoms with Gasteiger partial charge < -0.3 is 67.6 Å². The number of morpholine rings is 1. The van der Waals surface area contributed by atoms with Crippen molar-refractivity contribution in [3.63, 3.8) is 0 Å². The summed E-state index contributed by atoms with van der Waals surface area (Å²) in [5.41, 5.74) is -0.139. The van der Waals surface area contributed by atoms with Crippen LogP contribution in [-0.2, 0) is 42.6 Å². The highest BCUT2D eigenvalue weighted by atomic mass is 16.7. The molecule has 0 amide bonds. The average Bonchev–Trinajstić information content (AvgIpc) is 3.33. The summed E-state index contributed by atoms with van der Waals surface area (Å²) >= 11 is 0. The van der Waals surface area contributed by atoms with E-state index in [1.54, 1.807) is 0 Å². The van der Waals surface area contributed by atoms with Crippen LogP contribution in [0.3, 0.4) is 0 Å². The van der Waals surface area contributed by atoms with Crippen molar-refractivity contribution >= 4 is 5.69 Å². The van der Waals surface area contributed by atoms with Crippen LogP contribution in [0.1, 0.15) is 0 Å². The maximum Gasteiger partial charge on any atom is 0.189 e. The van der Waals surface area contributed by atoms with Crippen molar-refractivity contribution in [1.29, 1.82) is 0 Å². The summed E-state index contributed by atoms with van der Waals surface area (Å²) in [6.07, 6.45) is -1.32. The first-order valence-electron chi connectivity index (χ1n) is 14.1. The number of nitrogens with zero attached hydrogens (tertiary/aromatic N) is 1. The van der Waals surface area contributed by atoms with Gasteiger partial charge in [-0.3, -0.25) is 0 Å². The molecule has 2 saturated heterocycles. The summed E-state index contributed by atoms with van der Waals surface area (Å²) in [7, 11) is 0. The number of benzene rings is 1. The molecule has 14 nitrogen and oxygen atoms in total. The van der Waals surface area contributed by atoms with Crippen molar-refractivity contribution in [2.75, 3.05) is 97.8 Å². The van der Waals surface area contributed by atoms with E-state index in [0.717, 1.165) is 18.8 Å². The monoisotopic (exact) mass is 615 g/mol. The van der Waals surface area contributed by atoms with Crippen LogP contribution in [0, 0.1) is 0 Å². The quantitative estimate of drug-likeness (QED) is 0.0883. The van der Waals surface area contributed by atoms with E-state index in [1.165, 1.54) is 12.5 Å². The van der Waals surface area contributed by atoms with Gasteiger partial charge >= 0.3 is 0 Å². The molecule has 3 rings (SSSR count). The maximum absolute atomic E-state index is 10.5. The molecule has 0 saturated carbocycles. The van der Waals surface area contributed by atoms with Crippen LogP contribution >= 0.6 is 0 Å². The highest BCUT2D eigenvalue weighted by Gasteiger charge is 2.51. The second kappa shape index (κ2) is 19.7. The fraction of sp³-hybridized carbons (Fsp3) is 0.655. The average molecular weight is 616 g/mol. The second-order valence-corrected chi connectivity index (χ2v) is 9.87. The molecule has 0 aliphatic carbocycles. The molecule has 14 heteroatoms. The predicted octanol–water partition coefficient (Wildman–Crippen LogP) is 0.398. The molecular formula is C29H45NO13. The summed E-state index contributed by atoms with van der Waals surface area (Å²) in [5, 5.41) is 31.0. The van der Waals surface area contributed by atoms with Crippen molar-refractivity contribution in [1.82, 2.24) is 0 Å². The van der Waals surface area contributed by atoms with Crippen molar-refractivity contribution < 1.29 is 62.7 Å². The first-order chi connectivity index (χ1) is 21.0. The Labute approximate surface area is 252 Å². The number of aliphatic hydroxyl groups excluding tert-OH is 3. The molecule has 0 aromatic heterocycles. The first-order valence-corrected chi connectivity index (χ1v) is 14.1. The summed E-state index contributed by atoms with van der Waals surface area (Å²) in [6.45, 7) is 9.29. The highest BCUT2D eigenvalue weighted by molar-refractivity contribution is 5.49. The molecule has 5 atom stereocenters. The Kier molecular flexibility index (Phi) is 16.0. The van der Waals surface area contributed by atoms with Gasteiger partial charge in [-0.05, 0) is 24.3 Å². The van der Waals surface area contributed by atoms with Crippen LogP contribution in [0.4, 0.5) is 5.69 Å². The minimum atomic E-state index is -1.24. The van der Waals surface area contributed by atoms with E-state index in [0.29, 0.717) is 19.0 Å². The van der Waals surface area contributed by atoms with Crippen molar-refractivity contribution in [2.24, 2.45) is 0 Å². The van der Waals surface area contributed by atoms with E-state index < -0.39 is 30.0 Å². The van der Waals surface area contributed by atoms with Gasteiger partial charge in [0.05, 0.1) is 72.0 Å². The third kappa shape index (κ3) is 12.2. The van der Waals surface area contributed by atoms with Gasteiger partial charge in [0.2, 0.25) is 0 Å². The summed E-state index contributed by atoms with van der Waals surface area (Å²) in [6, 6.07) is 7.71. The van der Waals surface area contributed by atoms with Gasteiger partial charge in [-0.2, -0.15) is 0 Å². The van der Waals surface area contributed by atoms with Crippen LogP contribution in [0.25, 0.3) is 0 Å². The zero-order chi connectivity index (χ0) is 30.8. The van der Waals surface area contributed by atoms with Crippen LogP contribution < -0.4 is 9.64 Å². The third-order valence-corrected chi connectivity index (χ3v) is 6.57. The lowest BCUT2D eigenvalue weighted by molar-refractivity contribution is -0.191. The molecule has 2 aliphatic heterocycles. The maximum atomic E-state index is 10.5. The SMILES string of the molecule is C=COCOCC(O)COCC1(COCC(O)COCOc2ccc(N3CCOCC3)cc2)OCC(O)C1OCOC=C. The largest absolute Gasteiger partial charge is 0.476 e. The normalized spacial score (nSPS) is 23.5. The standard InChI is InChI=1S/C29H45NO13/c1-3-34-20-39-15-24(31)13-37-18-29(28(27(33)17-43-29)42-21-35-4-2)19-38-14-25(32)16-40-22-41-26-7-5-23(6-8-26)30-9-11-36-12-10-30/h3-8,24-25,27-28,31-33H,1-2,9-22H2. The van der Waals surface area contributed by atoms with Gasteiger partial charge in [0.15, 0.2) is 20.4 Å². The Bertz CT molecular complexity index is 901. The first kappa shape index (κ1) is 35.0. The molecule has 3 N–H and O–H groups in total. The van der Waals surface area contributed by atoms with Crippen LogP contribution in [0.5, 0.6) is 5.75 Å². The lowest BCUT2D eigenvalue weighted by Crippen LogP contribution is -2.53. The zero-order valence-corrected chi connectivity index (χ0v) is 24.5. The minimum Gasteiger partial charge on any atom is -0.476 e. The molecule has 2 aliphatic rings. The van der Waals surface area contributed by atoms with Crippen molar-refractivity contribution in [3.05, 3.63) is 49.9 Å². The minimum absolute atomic E-state index is 0.0242. The molecular weight excluding hydrogens is 570 g/mol. The number of hydrogen-bond acceptors (Lipinski definition) is 14. The van der Waals surface area contributed by atoms with Crippen LogP contribution in [0.15, 0.2) is 49.9 Å². The van der Waals surface area contributed by atoms with Gasteiger partial charge in [-0.25, -0.2) is 0 Å². The molecule has 0 radical (unpaired) electrons. The Hall–Kier alpha value is -2.50. The zero-order valence-electron chi connectivity index (χ0n) is 24.5. The van der Waals surface area contributed by atoms with E-state index in [1.807, 2.05) is 24.3 Å². The predicted molar refractivity (Wildman–Crippen MR) is 152 cm³/mol. The molecule has 1 aromatic carbocycles. The number of hydrogen-bond donors (Lipinski definition) is 3. The Morgan fingerprint density at radius 2 is 1.44 bits per heavy atom. The van der Waals surface area contributed by atoms with E-state index >= 15 is 0 Å². The van der Waals surface area contributed by atoms with Crippen LogP contribution in [0.2, 0.25) is 0 Å². The molecule has 5 unspecified atom stereocenters. The molecule has 244 valence electrons. The van der Waals surface area contributed by atoms with E-state index in [4.69, 9.17) is 47.4 Å². The van der Waals surface area contributed by atoms with Crippen molar-refractivity contribution in [3.8, 4) is 5.75 Å². The van der Waals surface area contributed by atoms with Gasteiger partial charge in [0.25, 0.3) is 0 Å². The van der Waals surface area contributed by atoms with E-state index in [-0.39, 0.29) is 66.6 Å². The number of rotatable bonds is 23. The Morgan fingerprint density at radius 3 is 2.07 bits per heavy atom. The van der Waals surface area contributed by atoms with E-state index in [2.05, 4.69) is 18.1 Å². The van der Waals surface area contributed by atoms with Crippen LogP contribution in [-0.4, -0.2) is 138 Å². The van der Waals surface area contributed by atoms with Gasteiger partial charge in [-0.15, -0.1) is 0 Å². The fourth-order valence-corrected chi connectivity index (χ4v) is 4.47. The summed E-state index contributed by atoms with van der Waals surface area (Å²) < 4.78 is 54.5. The highest BCUT2D eigenvalue weighted by Crippen LogP contribution is 2.31. The lowest BCUT2D eigenvalue weighted by atomic mass is 9.97. The third-order valence-electron chi connectivity index (χ3n) is 6.57. The summed E-state index contributed by atoms with van der Waals surface area (Å²) in [5.74, 6) is 0.648. The Morgan fingerprint density at radius 1 is 0.860 bits per heavy atom. The fourth-order valence-electron chi connectivity index (χ4n) is 4.47. The summed E-state index contributed by atoms with van der Waals surface area (Å²) in [4.78, 5) is 2.25. The molecule has 43 heavy (non-hydrogen) atoms. The van der Waals surface area contributed by atoms with Gasteiger partial charge in [0, 0.05) is 18.8 Å². The van der Waals surface area contributed by atoms with Crippen molar-refractivity contribution in [2.45, 2.75) is 30.0 Å². The number of anilines is 1. The molecule has 0 bridgehead atoms. The lowest BCUT2D eigenvalue weighted by Gasteiger charge is -2.34. The van der Waals surface area contributed by atoms with Gasteiger partial charge in [0.1, 0.15) is 35.8 Å². The molecule has 2 heterocycles. The second-order valence-electron chi connectivity index (χ2n) is 9.87. The molecule has 2 fully saturated rings. The van der Waals surface area contributed by atoms with E-state index in [9.17, 15) is 15.3 Å².